The van der Waals surface area contributed by atoms with Gasteiger partial charge in [0.25, 0.3) is 0 Å². The van der Waals surface area contributed by atoms with Crippen LogP contribution in [0.2, 0.25) is 0 Å². The van der Waals surface area contributed by atoms with Gasteiger partial charge in [0.1, 0.15) is 6.29 Å². The second-order valence-electron chi connectivity index (χ2n) is 7.30. The third-order valence-corrected chi connectivity index (χ3v) is 4.74. The summed E-state index contributed by atoms with van der Waals surface area (Å²) in [5, 5.41) is 0. The first-order chi connectivity index (χ1) is 10.9. The van der Waals surface area contributed by atoms with Crippen LogP contribution in [0.3, 0.4) is 0 Å². The molecule has 0 fully saturated rings. The largest absolute Gasteiger partial charge is 0.299 e. The molecule has 0 amide bonds. The summed E-state index contributed by atoms with van der Waals surface area (Å²) < 4.78 is 0. The SMILES string of the molecule is CC1=C(CC/C(C)=C/C=C/C(C)=C/C=C/C=O)C(C)(C)CCC1. The van der Waals surface area contributed by atoms with Gasteiger partial charge in [-0.15, -0.1) is 0 Å². The molecular formula is C22H32O. The molecule has 0 aliphatic heterocycles. The number of hydrogen-bond acceptors (Lipinski definition) is 1. The van der Waals surface area contributed by atoms with Gasteiger partial charge in [-0.05, 0) is 64.4 Å². The zero-order valence-corrected chi connectivity index (χ0v) is 15.5. The Balaban J connectivity index is 2.59. The van der Waals surface area contributed by atoms with Crippen molar-refractivity contribution in [1.29, 1.82) is 0 Å². The number of hydrogen-bond donors (Lipinski definition) is 0. The third kappa shape index (κ3) is 6.99. The highest BCUT2D eigenvalue weighted by atomic mass is 16.1. The lowest BCUT2D eigenvalue weighted by atomic mass is 9.71. The standard InChI is InChI=1S/C22H32O/c1-18(10-6-7-17-23)11-8-12-19(2)14-15-21-20(3)13-9-16-22(21,4)5/h6-8,10-12,17H,9,13-16H2,1-5H3/b7-6+,11-8+,18-10+,19-12+. The van der Waals surface area contributed by atoms with Gasteiger partial charge in [0, 0.05) is 0 Å². The maximum Gasteiger partial charge on any atom is 0.142 e. The Labute approximate surface area is 142 Å². The Bertz CT molecular complexity index is 551. The molecule has 0 N–H and O–H groups in total. The molecule has 0 radical (unpaired) electrons. The van der Waals surface area contributed by atoms with Crippen LogP contribution in [-0.4, -0.2) is 6.29 Å². The lowest BCUT2D eigenvalue weighted by Gasteiger charge is -2.34. The van der Waals surface area contributed by atoms with E-state index in [0.29, 0.717) is 5.41 Å². The average Bonchev–Trinajstić information content (AvgIpc) is 2.46. The quantitative estimate of drug-likeness (QED) is 0.227. The van der Waals surface area contributed by atoms with E-state index in [-0.39, 0.29) is 0 Å². The summed E-state index contributed by atoms with van der Waals surface area (Å²) in [4.78, 5) is 10.2. The molecule has 0 heterocycles. The van der Waals surface area contributed by atoms with E-state index in [1.165, 1.54) is 37.3 Å². The highest BCUT2D eigenvalue weighted by Gasteiger charge is 2.27. The Morgan fingerprint density at radius 3 is 2.52 bits per heavy atom. The second-order valence-corrected chi connectivity index (χ2v) is 7.30. The van der Waals surface area contributed by atoms with Crippen molar-refractivity contribution < 1.29 is 4.79 Å². The van der Waals surface area contributed by atoms with E-state index in [2.05, 4.69) is 45.9 Å². The summed E-state index contributed by atoms with van der Waals surface area (Å²) in [6.45, 7) is 11.3. The molecule has 0 saturated heterocycles. The van der Waals surface area contributed by atoms with Gasteiger partial charge >= 0.3 is 0 Å². The third-order valence-electron chi connectivity index (χ3n) is 4.74. The van der Waals surface area contributed by atoms with E-state index in [1.807, 2.05) is 13.0 Å². The number of rotatable bonds is 7. The molecule has 0 bridgehead atoms. The molecule has 0 aromatic heterocycles. The van der Waals surface area contributed by atoms with Crippen LogP contribution in [0.4, 0.5) is 0 Å². The van der Waals surface area contributed by atoms with Crippen LogP contribution in [0.15, 0.2) is 58.7 Å². The molecule has 1 aliphatic rings. The van der Waals surface area contributed by atoms with Gasteiger partial charge in [-0.2, -0.15) is 0 Å². The van der Waals surface area contributed by atoms with Gasteiger partial charge in [0.05, 0.1) is 0 Å². The molecular weight excluding hydrogens is 280 g/mol. The molecule has 126 valence electrons. The molecule has 0 saturated carbocycles. The van der Waals surface area contributed by atoms with E-state index in [9.17, 15) is 4.79 Å². The molecule has 0 unspecified atom stereocenters. The van der Waals surface area contributed by atoms with Crippen LogP contribution in [0, 0.1) is 5.41 Å². The van der Waals surface area contributed by atoms with E-state index >= 15 is 0 Å². The van der Waals surface area contributed by atoms with Crippen molar-refractivity contribution in [2.24, 2.45) is 5.41 Å². The van der Waals surface area contributed by atoms with Crippen molar-refractivity contribution in [3.05, 3.63) is 58.7 Å². The molecule has 1 rings (SSSR count). The fraction of sp³-hybridized carbons (Fsp3) is 0.500. The minimum atomic E-state index is 0.378. The van der Waals surface area contributed by atoms with Crippen molar-refractivity contribution >= 4 is 6.29 Å². The summed E-state index contributed by atoms with van der Waals surface area (Å²) in [5.74, 6) is 0. The van der Waals surface area contributed by atoms with Gasteiger partial charge in [0.15, 0.2) is 0 Å². The number of allylic oxidation sites excluding steroid dienone is 10. The summed E-state index contributed by atoms with van der Waals surface area (Å²) >= 11 is 0. The van der Waals surface area contributed by atoms with Crippen LogP contribution in [0.5, 0.6) is 0 Å². The Hall–Kier alpha value is -1.63. The summed E-state index contributed by atoms with van der Waals surface area (Å²) in [7, 11) is 0. The minimum absolute atomic E-state index is 0.378. The van der Waals surface area contributed by atoms with Crippen LogP contribution in [0.1, 0.15) is 66.7 Å². The smallest absolute Gasteiger partial charge is 0.142 e. The molecule has 0 aromatic carbocycles. The zero-order chi connectivity index (χ0) is 17.3. The van der Waals surface area contributed by atoms with Gasteiger partial charge < -0.3 is 0 Å². The van der Waals surface area contributed by atoms with Gasteiger partial charge in [-0.1, -0.05) is 66.5 Å². The van der Waals surface area contributed by atoms with E-state index < -0.39 is 0 Å². The fourth-order valence-electron chi connectivity index (χ4n) is 3.30. The Morgan fingerprint density at radius 1 is 1.13 bits per heavy atom. The van der Waals surface area contributed by atoms with Gasteiger partial charge in [0.2, 0.25) is 0 Å². The monoisotopic (exact) mass is 312 g/mol. The van der Waals surface area contributed by atoms with Crippen molar-refractivity contribution in [2.45, 2.75) is 66.7 Å². The maximum atomic E-state index is 10.2. The normalized spacial score (nSPS) is 19.9. The van der Waals surface area contributed by atoms with Crippen molar-refractivity contribution in [2.75, 3.05) is 0 Å². The molecule has 0 spiro atoms. The topological polar surface area (TPSA) is 17.1 Å². The van der Waals surface area contributed by atoms with Crippen LogP contribution >= 0.6 is 0 Å². The molecule has 1 heteroatoms. The van der Waals surface area contributed by atoms with E-state index in [4.69, 9.17) is 0 Å². The van der Waals surface area contributed by atoms with Crippen molar-refractivity contribution in [1.82, 2.24) is 0 Å². The van der Waals surface area contributed by atoms with Crippen molar-refractivity contribution in [3.63, 3.8) is 0 Å². The number of carbonyl (C=O) groups excluding carboxylic acids is 1. The van der Waals surface area contributed by atoms with Crippen LogP contribution in [0.25, 0.3) is 0 Å². The highest BCUT2D eigenvalue weighted by Crippen LogP contribution is 2.42. The lowest BCUT2D eigenvalue weighted by molar-refractivity contribution is -0.104. The van der Waals surface area contributed by atoms with Crippen LogP contribution in [-0.2, 0) is 4.79 Å². The predicted octanol–water partition coefficient (Wildman–Crippen LogP) is 6.50. The Morgan fingerprint density at radius 2 is 1.87 bits per heavy atom. The van der Waals surface area contributed by atoms with Gasteiger partial charge in [-0.25, -0.2) is 0 Å². The second kappa shape index (κ2) is 9.50. The van der Waals surface area contributed by atoms with E-state index in [0.717, 1.165) is 18.3 Å². The fourth-order valence-corrected chi connectivity index (χ4v) is 3.30. The first-order valence-corrected chi connectivity index (χ1v) is 8.68. The summed E-state index contributed by atoms with van der Waals surface area (Å²) in [6.07, 6.45) is 18.6. The summed E-state index contributed by atoms with van der Waals surface area (Å²) in [6, 6.07) is 0. The first-order valence-electron chi connectivity index (χ1n) is 8.68. The maximum absolute atomic E-state index is 10.2. The first kappa shape index (κ1) is 19.4. The average molecular weight is 312 g/mol. The number of aldehydes is 1. The lowest BCUT2D eigenvalue weighted by Crippen LogP contribution is -2.20. The van der Waals surface area contributed by atoms with E-state index in [1.54, 1.807) is 17.2 Å². The van der Waals surface area contributed by atoms with Crippen LogP contribution < -0.4 is 0 Å². The molecule has 23 heavy (non-hydrogen) atoms. The summed E-state index contributed by atoms with van der Waals surface area (Å²) in [5.41, 5.74) is 6.22. The molecule has 1 nitrogen and oxygen atoms in total. The highest BCUT2D eigenvalue weighted by molar-refractivity contribution is 5.65. The molecule has 0 aromatic rings. The molecule has 0 atom stereocenters. The molecule has 1 aliphatic carbocycles. The zero-order valence-electron chi connectivity index (χ0n) is 15.5. The minimum Gasteiger partial charge on any atom is -0.299 e. The Kier molecular flexibility index (Phi) is 8.02. The number of carbonyl (C=O) groups is 1. The van der Waals surface area contributed by atoms with Crippen molar-refractivity contribution in [3.8, 4) is 0 Å². The van der Waals surface area contributed by atoms with Gasteiger partial charge in [-0.3, -0.25) is 4.79 Å². The predicted molar refractivity (Wildman–Crippen MR) is 101 cm³/mol.